The minimum absolute atomic E-state index is 0. The van der Waals surface area contributed by atoms with E-state index < -0.39 is 23.7 Å². The number of para-hydroxylation sites is 2. The monoisotopic (exact) mass is 1010 g/mol. The Labute approximate surface area is 396 Å². The van der Waals surface area contributed by atoms with Crippen LogP contribution in [0.4, 0.5) is 25.2 Å². The number of rotatable bonds is 12. The van der Waals surface area contributed by atoms with Crippen LogP contribution in [0.1, 0.15) is 26.5 Å². The zero-order valence-corrected chi connectivity index (χ0v) is 40.4. The topological polar surface area (TPSA) is 44.2 Å². The van der Waals surface area contributed by atoms with E-state index in [1.807, 2.05) is 50.2 Å². The van der Waals surface area contributed by atoms with E-state index in [4.69, 9.17) is 9.47 Å². The summed E-state index contributed by atoms with van der Waals surface area (Å²) in [4.78, 5) is 8.76. The summed E-state index contributed by atoms with van der Waals surface area (Å²) in [6.07, 6.45) is 2.75. The van der Waals surface area contributed by atoms with Crippen LogP contribution in [0.3, 0.4) is 0 Å². The quantitative estimate of drug-likeness (QED) is 0.0695. The third-order valence-electron chi connectivity index (χ3n) is 9.29. The Morgan fingerprint density at radius 1 is 0.424 bits per heavy atom. The molecule has 0 bridgehead atoms. The van der Waals surface area contributed by atoms with Gasteiger partial charge >= 0.3 is 50.1 Å². The van der Waals surface area contributed by atoms with Gasteiger partial charge in [0, 0.05) is 25.1 Å². The molecule has 2 heterocycles. The molecule has 0 spiro atoms. The molecule has 0 N–H and O–H groups in total. The van der Waals surface area contributed by atoms with Crippen molar-refractivity contribution >= 4 is 55.5 Å². The zero-order chi connectivity index (χ0) is 46.6. The van der Waals surface area contributed by atoms with Crippen molar-refractivity contribution in [2.75, 3.05) is 13.2 Å². The van der Waals surface area contributed by atoms with Crippen LogP contribution in [0.2, 0.25) is 0 Å². The molecule has 0 aliphatic carbocycles. The fourth-order valence-electron chi connectivity index (χ4n) is 6.55. The first-order valence-electron chi connectivity index (χ1n) is 21.0. The number of pyridine rings is 2. The number of aryl methyl sites for hydroxylation is 1. The van der Waals surface area contributed by atoms with Crippen molar-refractivity contribution in [3.63, 3.8) is 0 Å². The molecule has 8 aromatic rings. The Bertz CT molecular complexity index is 2410. The van der Waals surface area contributed by atoms with Gasteiger partial charge in [-0.25, -0.2) is 0 Å². The van der Waals surface area contributed by atoms with E-state index in [2.05, 4.69) is 187 Å². The second-order valence-electron chi connectivity index (χ2n) is 14.1. The maximum Gasteiger partial charge on any atom is 1.00 e. The summed E-state index contributed by atoms with van der Waals surface area (Å²) >= 11 is 0. The van der Waals surface area contributed by atoms with Gasteiger partial charge in [0.25, 0.3) is 0 Å². The Kier molecular flexibility index (Phi) is 20.3. The maximum atomic E-state index is 9.87. The summed E-state index contributed by atoms with van der Waals surface area (Å²) < 4.78 is 71.0. The Morgan fingerprint density at radius 3 is 1.11 bits per heavy atom. The van der Waals surface area contributed by atoms with E-state index in [0.717, 1.165) is 48.2 Å². The van der Waals surface area contributed by atoms with Gasteiger partial charge in [0.05, 0.1) is 11.4 Å². The second kappa shape index (κ2) is 25.1. The van der Waals surface area contributed by atoms with Gasteiger partial charge in [0.15, 0.2) is 11.5 Å². The van der Waals surface area contributed by atoms with Crippen molar-refractivity contribution in [1.29, 1.82) is 0 Å². The standard InChI is InChI=1S/C36H28OP2.C12H12N2.C4H10O.Cu.F6P/c1-5-17-29(18-6-1)38(30-19-7-2-8-20-30)35-27-15-13-25-33(35)37-34-26-14-16-28-36(34)39(31-21-9-3-10-22-31)32-23-11-4-12-24-32;1-2-10-6-5-8-12(14-10)11-7-3-4-9-13-11;1-3-5-4-2;;1-7(2,3,4,5)6/h1-28H;3-9H,2H2,1H3;3-4H2,1-2H3;;/q;;;+1;-1/p+2. The van der Waals surface area contributed by atoms with Crippen LogP contribution in [-0.2, 0) is 28.2 Å². The molecule has 0 aliphatic heterocycles. The van der Waals surface area contributed by atoms with E-state index >= 15 is 0 Å². The number of aromatic nitrogens is 2. The van der Waals surface area contributed by atoms with Crippen molar-refractivity contribution in [1.82, 2.24) is 9.97 Å². The Balaban J connectivity index is 0.000000288. The summed E-state index contributed by atoms with van der Waals surface area (Å²) in [7, 11) is -13.2. The maximum absolute atomic E-state index is 10.7. The molecular formula is C52H52CuF6N2O2P3+2. The Morgan fingerprint density at radius 2 is 0.773 bits per heavy atom. The molecule has 2 aromatic heterocycles. The van der Waals surface area contributed by atoms with Crippen LogP contribution in [0.5, 0.6) is 11.5 Å². The number of benzene rings is 6. The summed E-state index contributed by atoms with van der Waals surface area (Å²) in [5.74, 6) is 1.85. The van der Waals surface area contributed by atoms with Crippen molar-refractivity contribution < 1.29 is 51.7 Å². The molecule has 4 nitrogen and oxygen atoms in total. The molecule has 0 saturated heterocycles. The SMILES string of the molecule is CCOCC.CCc1cccc(-c2ccccn2)n1.F[P-](F)(F)(F)(F)F.[Cu+].c1ccc([PH+](c2ccccc2)c2ccccc2Oc2ccccc2[PH+](c2ccccc2)c2ccccc2)cc1. The summed E-state index contributed by atoms with van der Waals surface area (Å²) in [6, 6.07) is 72.5. The normalized spacial score (nSPS) is 11.7. The predicted molar refractivity (Wildman–Crippen MR) is 266 cm³/mol. The van der Waals surface area contributed by atoms with Crippen LogP contribution in [-0.4, -0.2) is 23.2 Å². The van der Waals surface area contributed by atoms with Gasteiger partial charge in [-0.1, -0.05) is 116 Å². The van der Waals surface area contributed by atoms with Gasteiger partial charge in [-0.3, -0.25) is 9.97 Å². The van der Waals surface area contributed by atoms with E-state index in [1.54, 1.807) is 6.20 Å². The second-order valence-corrected chi connectivity index (χ2v) is 20.9. The molecule has 0 amide bonds. The molecule has 6 aromatic carbocycles. The smallest absolute Gasteiger partial charge is 0.449 e. The average molecular weight is 1010 g/mol. The molecule has 66 heavy (non-hydrogen) atoms. The molecule has 8 rings (SSSR count). The molecule has 0 radical (unpaired) electrons. The molecule has 0 unspecified atom stereocenters. The fraction of sp³-hybridized carbons (Fsp3) is 0.115. The average Bonchev–Trinajstić information content (AvgIpc) is 3.32. The molecule has 14 heteroatoms. The van der Waals surface area contributed by atoms with Gasteiger partial charge in [-0.2, -0.15) is 0 Å². The summed E-state index contributed by atoms with van der Waals surface area (Å²) in [6.45, 7) is 7.77. The third-order valence-corrected chi connectivity index (χ3v) is 14.8. The molecule has 348 valence electrons. The Hall–Kier alpha value is -5.23. The van der Waals surface area contributed by atoms with E-state index in [-0.39, 0.29) is 17.1 Å². The predicted octanol–water partition coefficient (Wildman–Crippen LogP) is 13.6. The number of nitrogens with zero attached hydrogens (tertiary/aromatic N) is 2. The van der Waals surface area contributed by atoms with Gasteiger partial charge in [-0.15, -0.1) is 0 Å². The van der Waals surface area contributed by atoms with E-state index in [9.17, 15) is 25.2 Å². The van der Waals surface area contributed by atoms with Gasteiger partial charge in [0.2, 0.25) is 0 Å². The van der Waals surface area contributed by atoms with Gasteiger partial charge < -0.3 is 9.47 Å². The number of hydrogen-bond donors (Lipinski definition) is 0. The number of hydrogen-bond acceptors (Lipinski definition) is 4. The van der Waals surface area contributed by atoms with E-state index in [1.165, 1.54) is 31.8 Å². The molecule has 0 saturated carbocycles. The molecule has 0 atom stereocenters. The first-order valence-corrected chi connectivity index (χ1v) is 26.0. The van der Waals surface area contributed by atoms with Crippen molar-refractivity contribution in [3.05, 3.63) is 218 Å². The zero-order valence-electron chi connectivity index (χ0n) is 36.6. The van der Waals surface area contributed by atoms with Crippen LogP contribution in [0, 0.1) is 0 Å². The van der Waals surface area contributed by atoms with Crippen LogP contribution in [0.25, 0.3) is 11.4 Å². The molecule has 0 aliphatic rings. The number of ether oxygens (including phenoxy) is 2. The fourth-order valence-corrected chi connectivity index (χ4v) is 11.9. The van der Waals surface area contributed by atoms with Crippen LogP contribution < -0.4 is 36.6 Å². The van der Waals surface area contributed by atoms with Crippen LogP contribution >= 0.6 is 23.7 Å². The summed E-state index contributed by atoms with van der Waals surface area (Å²) in [5, 5.41) is 7.88. The van der Waals surface area contributed by atoms with Crippen molar-refractivity contribution in [2.24, 2.45) is 0 Å². The van der Waals surface area contributed by atoms with Crippen molar-refractivity contribution in [2.45, 2.75) is 27.2 Å². The molecule has 0 fully saturated rings. The van der Waals surface area contributed by atoms with Crippen molar-refractivity contribution in [3.8, 4) is 22.9 Å². The first kappa shape index (κ1) is 53.4. The minimum Gasteiger partial charge on any atom is -0.449 e. The van der Waals surface area contributed by atoms with Gasteiger partial charge in [-0.05, 0) is 117 Å². The number of halogens is 6. The van der Waals surface area contributed by atoms with Crippen LogP contribution in [0.15, 0.2) is 212 Å². The largest absolute Gasteiger partial charge is 1.00 e. The molecular weight excluding hydrogens is 955 g/mol. The minimum atomic E-state index is -10.7. The van der Waals surface area contributed by atoms with Gasteiger partial charge in [0.1, 0.15) is 47.7 Å². The first-order chi connectivity index (χ1) is 31.1. The summed E-state index contributed by atoms with van der Waals surface area (Å²) in [5.41, 5.74) is 2.99. The van der Waals surface area contributed by atoms with E-state index in [0.29, 0.717) is 0 Å². The third kappa shape index (κ3) is 18.6.